The molecule has 0 spiro atoms. The summed E-state index contributed by atoms with van der Waals surface area (Å²) in [6, 6.07) is 10.2. The molecule has 0 N–H and O–H groups in total. The van der Waals surface area contributed by atoms with E-state index in [9.17, 15) is 0 Å². The molecule has 0 saturated carbocycles. The molecule has 0 bridgehead atoms. The van der Waals surface area contributed by atoms with Crippen molar-refractivity contribution in [3.05, 3.63) is 42.0 Å². The molecular formula is C19H27BrN3+. The normalized spacial score (nSPS) is 14.7. The van der Waals surface area contributed by atoms with Gasteiger partial charge < -0.3 is 0 Å². The van der Waals surface area contributed by atoms with Gasteiger partial charge in [-0.25, -0.2) is 4.58 Å². The van der Waals surface area contributed by atoms with Crippen molar-refractivity contribution in [1.29, 1.82) is 0 Å². The molecule has 1 aliphatic heterocycles. The first-order valence-corrected chi connectivity index (χ1v) is 9.58. The summed E-state index contributed by atoms with van der Waals surface area (Å²) >= 11 is 3.48. The number of rotatable bonds is 9. The monoisotopic (exact) mass is 376 g/mol. The Labute approximate surface area is 148 Å². The minimum atomic E-state index is 1.07. The lowest BCUT2D eigenvalue weighted by Crippen LogP contribution is -2.20. The fourth-order valence-electron chi connectivity index (χ4n) is 2.56. The van der Waals surface area contributed by atoms with E-state index in [1.54, 1.807) is 0 Å². The molecule has 0 unspecified atom stereocenters. The molecule has 1 aliphatic rings. The summed E-state index contributed by atoms with van der Waals surface area (Å²) in [5, 5.41) is 7.58. The van der Waals surface area contributed by atoms with Gasteiger partial charge in [0, 0.05) is 31.3 Å². The van der Waals surface area contributed by atoms with Crippen LogP contribution < -0.4 is 5.01 Å². The topological polar surface area (TPSA) is 18.6 Å². The predicted molar refractivity (Wildman–Crippen MR) is 104 cm³/mol. The number of alkyl halides is 1. The lowest BCUT2D eigenvalue weighted by molar-refractivity contribution is -0.523. The maximum atomic E-state index is 4.54. The van der Waals surface area contributed by atoms with Crippen LogP contribution in [0, 0.1) is 0 Å². The highest BCUT2D eigenvalue weighted by atomic mass is 79.9. The Morgan fingerprint density at radius 2 is 1.96 bits per heavy atom. The van der Waals surface area contributed by atoms with Crippen LogP contribution in [0.25, 0.3) is 0 Å². The second kappa shape index (κ2) is 10.4. The number of hydrazone groups is 1. The highest BCUT2D eigenvalue weighted by Gasteiger charge is 2.10. The summed E-state index contributed by atoms with van der Waals surface area (Å²) in [7, 11) is 1.98. The van der Waals surface area contributed by atoms with Gasteiger partial charge >= 0.3 is 0 Å². The van der Waals surface area contributed by atoms with Crippen LogP contribution in [0.15, 0.2) is 47.1 Å². The summed E-state index contributed by atoms with van der Waals surface area (Å²) in [5.74, 6) is 0. The largest absolute Gasteiger partial charge is 0.269 e. The van der Waals surface area contributed by atoms with Crippen LogP contribution in [-0.4, -0.2) is 42.5 Å². The zero-order valence-corrected chi connectivity index (χ0v) is 15.6. The molecule has 1 aromatic rings. The van der Waals surface area contributed by atoms with Crippen molar-refractivity contribution in [2.75, 3.05) is 30.5 Å². The average Bonchev–Trinajstić information content (AvgIpc) is 2.61. The molecule has 3 nitrogen and oxygen atoms in total. The molecule has 2 rings (SSSR count). The Kier molecular flexibility index (Phi) is 8.08. The first-order valence-electron chi connectivity index (χ1n) is 8.46. The Hall–Kier alpha value is -1.42. The molecule has 0 fully saturated rings. The maximum absolute atomic E-state index is 4.54. The number of hydrogen-bond acceptors (Lipinski definition) is 2. The zero-order chi connectivity index (χ0) is 16.3. The summed E-state index contributed by atoms with van der Waals surface area (Å²) in [5.41, 5.74) is 2.40. The van der Waals surface area contributed by atoms with Gasteiger partial charge in [-0.15, -0.1) is 0 Å². The highest BCUT2D eigenvalue weighted by Crippen LogP contribution is 2.12. The third kappa shape index (κ3) is 6.69. The molecule has 1 heterocycles. The Bertz CT molecular complexity index is 549. The van der Waals surface area contributed by atoms with Crippen LogP contribution in [0.3, 0.4) is 0 Å². The average molecular weight is 377 g/mol. The summed E-state index contributed by atoms with van der Waals surface area (Å²) < 4.78 is 2.42. The number of anilines is 1. The number of nitrogens with zero attached hydrogens (tertiary/aromatic N) is 3. The SMILES string of the molecule is CN(/N=C/C1=CC=[N+](CCCCCCBr)CC1)c1ccccc1. The second-order valence-corrected chi connectivity index (χ2v) is 6.68. The van der Waals surface area contributed by atoms with Crippen molar-refractivity contribution in [2.45, 2.75) is 32.1 Å². The van der Waals surface area contributed by atoms with Crippen molar-refractivity contribution >= 4 is 34.0 Å². The molecule has 23 heavy (non-hydrogen) atoms. The van der Waals surface area contributed by atoms with Crippen molar-refractivity contribution in [3.63, 3.8) is 0 Å². The maximum Gasteiger partial charge on any atom is 0.163 e. The number of hydrogen-bond donors (Lipinski definition) is 0. The Morgan fingerprint density at radius 3 is 2.65 bits per heavy atom. The van der Waals surface area contributed by atoms with Gasteiger partial charge in [0.05, 0.1) is 11.9 Å². The van der Waals surface area contributed by atoms with Crippen LogP contribution in [0.4, 0.5) is 5.69 Å². The number of para-hydroxylation sites is 1. The standard InChI is InChI=1S/C19H27BrN3/c1-22(19-9-5-4-6-10-19)21-17-18-11-15-23(16-12-18)14-8-3-2-7-13-20/h4-6,9-11,15,17H,2-3,7-8,12-14,16H2,1H3/q+1. The quantitative estimate of drug-likeness (QED) is 0.204. The van der Waals surface area contributed by atoms with E-state index in [4.69, 9.17) is 0 Å². The van der Waals surface area contributed by atoms with E-state index in [1.807, 2.05) is 36.5 Å². The second-order valence-electron chi connectivity index (χ2n) is 5.88. The van der Waals surface area contributed by atoms with Gasteiger partial charge in [0.25, 0.3) is 0 Å². The number of halogens is 1. The van der Waals surface area contributed by atoms with Crippen LogP contribution >= 0.6 is 15.9 Å². The highest BCUT2D eigenvalue weighted by molar-refractivity contribution is 9.09. The van der Waals surface area contributed by atoms with Gasteiger partial charge in [-0.1, -0.05) is 40.5 Å². The minimum absolute atomic E-state index is 1.07. The van der Waals surface area contributed by atoms with Crippen LogP contribution in [0.2, 0.25) is 0 Å². The van der Waals surface area contributed by atoms with Gasteiger partial charge in [0.2, 0.25) is 0 Å². The molecule has 0 aromatic heterocycles. The minimum Gasteiger partial charge on any atom is -0.269 e. The number of benzene rings is 1. The van der Waals surface area contributed by atoms with Crippen molar-refractivity contribution in [2.24, 2.45) is 5.10 Å². The molecule has 4 heteroatoms. The summed E-state index contributed by atoms with van der Waals surface area (Å²) in [4.78, 5) is 0. The van der Waals surface area contributed by atoms with Gasteiger partial charge in [0.1, 0.15) is 13.1 Å². The molecule has 1 aromatic carbocycles. The van der Waals surface area contributed by atoms with E-state index in [0.29, 0.717) is 0 Å². The molecule has 0 atom stereocenters. The van der Waals surface area contributed by atoms with E-state index >= 15 is 0 Å². The Balaban J connectivity index is 1.78. The van der Waals surface area contributed by atoms with E-state index in [-0.39, 0.29) is 0 Å². The summed E-state index contributed by atoms with van der Waals surface area (Å²) in [6.07, 6.45) is 12.7. The molecule has 0 saturated heterocycles. The van der Waals surface area contributed by atoms with Crippen LogP contribution in [0.1, 0.15) is 32.1 Å². The third-order valence-corrected chi connectivity index (χ3v) is 4.60. The Morgan fingerprint density at radius 1 is 1.17 bits per heavy atom. The first-order chi connectivity index (χ1) is 11.3. The lowest BCUT2D eigenvalue weighted by atomic mass is 10.1. The summed E-state index contributed by atoms with van der Waals surface area (Å²) in [6.45, 7) is 2.28. The third-order valence-electron chi connectivity index (χ3n) is 4.04. The lowest BCUT2D eigenvalue weighted by Gasteiger charge is -2.13. The van der Waals surface area contributed by atoms with E-state index in [0.717, 1.165) is 24.0 Å². The molecular weight excluding hydrogens is 350 g/mol. The first kappa shape index (κ1) is 17.9. The molecule has 124 valence electrons. The smallest absolute Gasteiger partial charge is 0.163 e. The zero-order valence-electron chi connectivity index (χ0n) is 14.0. The molecule has 0 amide bonds. The fourth-order valence-corrected chi connectivity index (χ4v) is 2.96. The van der Waals surface area contributed by atoms with Crippen molar-refractivity contribution in [1.82, 2.24) is 0 Å². The number of allylic oxidation sites excluding steroid dienone is 1. The van der Waals surface area contributed by atoms with E-state index in [1.165, 1.54) is 37.8 Å². The van der Waals surface area contributed by atoms with Gasteiger partial charge in [-0.3, -0.25) is 5.01 Å². The molecule has 0 radical (unpaired) electrons. The molecule has 0 aliphatic carbocycles. The van der Waals surface area contributed by atoms with Crippen LogP contribution in [-0.2, 0) is 0 Å². The van der Waals surface area contributed by atoms with E-state index < -0.39 is 0 Å². The van der Waals surface area contributed by atoms with E-state index in [2.05, 4.69) is 50.0 Å². The van der Waals surface area contributed by atoms with Crippen molar-refractivity contribution in [3.8, 4) is 0 Å². The van der Waals surface area contributed by atoms with Gasteiger partial charge in [-0.2, -0.15) is 5.10 Å². The number of unbranched alkanes of at least 4 members (excludes halogenated alkanes) is 3. The fraction of sp³-hybridized carbons (Fsp3) is 0.474. The van der Waals surface area contributed by atoms with Gasteiger partial charge in [-0.05, 0) is 30.5 Å². The van der Waals surface area contributed by atoms with Gasteiger partial charge in [0.15, 0.2) is 6.21 Å². The predicted octanol–water partition coefficient (Wildman–Crippen LogP) is 4.48. The van der Waals surface area contributed by atoms with Crippen molar-refractivity contribution < 1.29 is 4.58 Å². The van der Waals surface area contributed by atoms with Crippen LogP contribution in [0.5, 0.6) is 0 Å².